The topological polar surface area (TPSA) is 42.7 Å². The van der Waals surface area contributed by atoms with Gasteiger partial charge in [-0.1, -0.05) is 13.8 Å². The predicted octanol–water partition coefficient (Wildman–Crippen LogP) is 0.622. The first-order valence-corrected chi connectivity index (χ1v) is 4.19. The number of nitrogens with zero attached hydrogens (tertiary/aromatic N) is 3. The molecule has 12 heavy (non-hydrogen) atoms. The lowest BCUT2D eigenvalue weighted by molar-refractivity contribution is 0.559. The summed E-state index contributed by atoms with van der Waals surface area (Å²) >= 11 is 0. The molecule has 0 aliphatic rings. The van der Waals surface area contributed by atoms with E-state index in [4.69, 9.17) is 0 Å². The van der Waals surface area contributed by atoms with Crippen LogP contribution in [0, 0.1) is 6.92 Å². The fourth-order valence-corrected chi connectivity index (χ4v) is 0.900. The molecule has 0 atom stereocenters. The molecular formula is C8H16N4. The van der Waals surface area contributed by atoms with Crippen molar-refractivity contribution in [3.05, 3.63) is 11.6 Å². The van der Waals surface area contributed by atoms with Crippen LogP contribution in [-0.2, 0) is 13.6 Å². The molecule has 4 heteroatoms. The van der Waals surface area contributed by atoms with Gasteiger partial charge in [-0.2, -0.15) is 0 Å². The second-order valence-electron chi connectivity index (χ2n) is 3.26. The van der Waals surface area contributed by atoms with Crippen molar-refractivity contribution in [3.63, 3.8) is 0 Å². The van der Waals surface area contributed by atoms with Crippen LogP contribution >= 0.6 is 0 Å². The zero-order valence-electron chi connectivity index (χ0n) is 8.13. The lowest BCUT2D eigenvalue weighted by atomic mass is 10.4. The van der Waals surface area contributed by atoms with Gasteiger partial charge in [-0.25, -0.2) is 0 Å². The van der Waals surface area contributed by atoms with Crippen molar-refractivity contribution in [3.8, 4) is 0 Å². The third-order valence-corrected chi connectivity index (χ3v) is 1.85. The summed E-state index contributed by atoms with van der Waals surface area (Å²) < 4.78 is 2.00. The maximum absolute atomic E-state index is 4.04. The fourth-order valence-electron chi connectivity index (χ4n) is 0.900. The minimum atomic E-state index is 0.488. The van der Waals surface area contributed by atoms with Gasteiger partial charge in [0.05, 0.1) is 6.54 Å². The van der Waals surface area contributed by atoms with Crippen molar-refractivity contribution in [1.82, 2.24) is 20.1 Å². The summed E-state index contributed by atoms with van der Waals surface area (Å²) in [7, 11) is 1.98. The summed E-state index contributed by atoms with van der Waals surface area (Å²) in [5.74, 6) is 1.94. The standard InChI is InChI=1S/C8H16N4/c1-6(2)9-5-8-11-10-7(3)12(8)4/h6,9H,5H2,1-4H3. The highest BCUT2D eigenvalue weighted by Gasteiger charge is 2.03. The van der Waals surface area contributed by atoms with E-state index in [1.54, 1.807) is 0 Å². The Morgan fingerprint density at radius 3 is 2.50 bits per heavy atom. The smallest absolute Gasteiger partial charge is 0.146 e. The van der Waals surface area contributed by atoms with Crippen molar-refractivity contribution in [2.75, 3.05) is 0 Å². The van der Waals surface area contributed by atoms with Crippen LogP contribution in [0.25, 0.3) is 0 Å². The highest BCUT2D eigenvalue weighted by Crippen LogP contribution is 1.96. The van der Waals surface area contributed by atoms with Gasteiger partial charge in [0.25, 0.3) is 0 Å². The van der Waals surface area contributed by atoms with Crippen LogP contribution in [0.4, 0.5) is 0 Å². The molecule has 1 heterocycles. The Labute approximate surface area is 73.0 Å². The van der Waals surface area contributed by atoms with E-state index in [9.17, 15) is 0 Å². The average Bonchev–Trinajstić information content (AvgIpc) is 2.30. The third kappa shape index (κ3) is 2.04. The SMILES string of the molecule is Cc1nnc(CNC(C)C)n1C. The average molecular weight is 168 g/mol. The molecule has 0 spiro atoms. The molecule has 0 aliphatic carbocycles. The molecule has 0 unspecified atom stereocenters. The first-order valence-electron chi connectivity index (χ1n) is 4.19. The van der Waals surface area contributed by atoms with Gasteiger partial charge >= 0.3 is 0 Å². The maximum Gasteiger partial charge on any atom is 0.146 e. The summed E-state index contributed by atoms with van der Waals surface area (Å²) in [5.41, 5.74) is 0. The quantitative estimate of drug-likeness (QED) is 0.719. The lowest BCUT2D eigenvalue weighted by Crippen LogP contribution is -2.23. The highest BCUT2D eigenvalue weighted by molar-refractivity contribution is 4.91. The Hall–Kier alpha value is -0.900. The number of aromatic nitrogens is 3. The molecule has 1 rings (SSSR count). The van der Waals surface area contributed by atoms with Crippen LogP contribution < -0.4 is 5.32 Å². The van der Waals surface area contributed by atoms with Crippen molar-refractivity contribution < 1.29 is 0 Å². The third-order valence-electron chi connectivity index (χ3n) is 1.85. The number of hydrogen-bond acceptors (Lipinski definition) is 3. The van der Waals surface area contributed by atoms with Crippen LogP contribution in [0.1, 0.15) is 25.5 Å². The molecule has 0 aromatic carbocycles. The van der Waals surface area contributed by atoms with E-state index in [0.717, 1.165) is 18.2 Å². The van der Waals surface area contributed by atoms with E-state index in [1.807, 2.05) is 18.5 Å². The van der Waals surface area contributed by atoms with Gasteiger partial charge in [0.2, 0.25) is 0 Å². The molecule has 4 nitrogen and oxygen atoms in total. The van der Waals surface area contributed by atoms with Gasteiger partial charge in [-0.3, -0.25) is 0 Å². The Bertz CT molecular complexity index is 252. The van der Waals surface area contributed by atoms with Gasteiger partial charge in [0.1, 0.15) is 11.6 Å². The van der Waals surface area contributed by atoms with Crippen molar-refractivity contribution in [2.45, 2.75) is 33.4 Å². The first-order chi connectivity index (χ1) is 5.61. The van der Waals surface area contributed by atoms with Crippen LogP contribution in [0.5, 0.6) is 0 Å². The van der Waals surface area contributed by atoms with Gasteiger partial charge < -0.3 is 9.88 Å². The summed E-state index contributed by atoms with van der Waals surface area (Å²) in [6.07, 6.45) is 0. The summed E-state index contributed by atoms with van der Waals surface area (Å²) in [6.45, 7) is 6.97. The van der Waals surface area contributed by atoms with Crippen LogP contribution in [0.3, 0.4) is 0 Å². The molecule has 0 saturated heterocycles. The largest absolute Gasteiger partial charge is 0.317 e. The van der Waals surface area contributed by atoms with Crippen molar-refractivity contribution in [2.24, 2.45) is 7.05 Å². The maximum atomic E-state index is 4.04. The van der Waals surface area contributed by atoms with Gasteiger partial charge in [-0.15, -0.1) is 10.2 Å². The minimum absolute atomic E-state index is 0.488. The molecule has 68 valence electrons. The monoisotopic (exact) mass is 168 g/mol. The summed E-state index contributed by atoms with van der Waals surface area (Å²) in [5, 5.41) is 11.3. The Kier molecular flexibility index (Phi) is 2.81. The first kappa shape index (κ1) is 9.19. The van der Waals surface area contributed by atoms with Crippen LogP contribution in [0.15, 0.2) is 0 Å². The van der Waals surface area contributed by atoms with Gasteiger partial charge in [0, 0.05) is 13.1 Å². The molecular weight excluding hydrogens is 152 g/mol. The zero-order valence-corrected chi connectivity index (χ0v) is 8.13. The summed E-state index contributed by atoms with van der Waals surface area (Å²) in [4.78, 5) is 0. The second-order valence-corrected chi connectivity index (χ2v) is 3.26. The number of rotatable bonds is 3. The molecule has 1 N–H and O–H groups in total. The minimum Gasteiger partial charge on any atom is -0.317 e. The molecule has 0 fully saturated rings. The Balaban J connectivity index is 2.58. The molecule has 0 amide bonds. The molecule has 0 saturated carbocycles. The normalized spacial score (nSPS) is 11.1. The molecule has 0 radical (unpaired) electrons. The van der Waals surface area contributed by atoms with Crippen molar-refractivity contribution >= 4 is 0 Å². The highest BCUT2D eigenvalue weighted by atomic mass is 15.3. The van der Waals surface area contributed by atoms with Crippen molar-refractivity contribution in [1.29, 1.82) is 0 Å². The molecule has 1 aromatic heterocycles. The van der Waals surface area contributed by atoms with E-state index in [1.165, 1.54) is 0 Å². The van der Waals surface area contributed by atoms with E-state index < -0.39 is 0 Å². The van der Waals surface area contributed by atoms with Gasteiger partial charge in [0.15, 0.2) is 0 Å². The molecule has 1 aromatic rings. The van der Waals surface area contributed by atoms with E-state index in [-0.39, 0.29) is 0 Å². The molecule has 0 bridgehead atoms. The molecule has 0 aliphatic heterocycles. The van der Waals surface area contributed by atoms with E-state index in [2.05, 4.69) is 29.4 Å². The second kappa shape index (κ2) is 3.67. The predicted molar refractivity (Wildman–Crippen MR) is 47.7 cm³/mol. The Morgan fingerprint density at radius 2 is 2.08 bits per heavy atom. The van der Waals surface area contributed by atoms with Crippen LogP contribution in [-0.4, -0.2) is 20.8 Å². The Morgan fingerprint density at radius 1 is 1.42 bits per heavy atom. The van der Waals surface area contributed by atoms with E-state index >= 15 is 0 Å². The number of hydrogen-bond donors (Lipinski definition) is 1. The van der Waals surface area contributed by atoms with E-state index in [0.29, 0.717) is 6.04 Å². The number of aryl methyl sites for hydroxylation is 1. The van der Waals surface area contributed by atoms with Crippen LogP contribution in [0.2, 0.25) is 0 Å². The van der Waals surface area contributed by atoms with Gasteiger partial charge in [-0.05, 0) is 6.92 Å². The fraction of sp³-hybridized carbons (Fsp3) is 0.750. The summed E-state index contributed by atoms with van der Waals surface area (Å²) in [6, 6.07) is 0.488. The number of nitrogens with one attached hydrogen (secondary N) is 1. The zero-order chi connectivity index (χ0) is 9.14. The lowest BCUT2D eigenvalue weighted by Gasteiger charge is -2.06.